The molecule has 0 heterocycles. The van der Waals surface area contributed by atoms with Crippen LogP contribution in [-0.2, 0) is 0 Å². The molecule has 0 saturated carbocycles. The van der Waals surface area contributed by atoms with Gasteiger partial charge in [0.05, 0.1) is 0 Å². The highest BCUT2D eigenvalue weighted by Crippen LogP contribution is 2.40. The SMILES string of the molecule is CC(C)(C)[Si](Cl)(c1ccccc1)c1ccccc1[Si](c1ccccc1)(c1ccccc1)C(C)(C)C. The van der Waals surface area contributed by atoms with Crippen LogP contribution in [-0.4, -0.2) is 15.5 Å². The van der Waals surface area contributed by atoms with Gasteiger partial charge in [0.25, 0.3) is 0 Å². The van der Waals surface area contributed by atoms with Crippen LogP contribution in [0.3, 0.4) is 0 Å². The van der Waals surface area contributed by atoms with E-state index in [1.54, 1.807) is 0 Å². The van der Waals surface area contributed by atoms with Crippen molar-refractivity contribution in [3.05, 3.63) is 115 Å². The Morgan fingerprint density at radius 3 is 1.14 bits per heavy atom. The molecule has 1 unspecified atom stereocenters. The Hall–Kier alpha value is -2.40. The van der Waals surface area contributed by atoms with E-state index in [1.807, 2.05) is 0 Å². The zero-order chi connectivity index (χ0) is 25.3. The van der Waals surface area contributed by atoms with E-state index in [2.05, 4.69) is 157 Å². The third-order valence-electron chi connectivity index (χ3n) is 7.45. The highest BCUT2D eigenvalue weighted by molar-refractivity contribution is 7.37. The standard InChI is InChI=1S/C32H37ClSi2/c1-31(2,3)34(26-18-10-7-11-19-26,27-20-12-8-13-21-27)29-24-16-17-25-30(29)35(33,32(4,5)6)28-22-14-9-15-23-28/h7-25H,1-6H3. The summed E-state index contributed by atoms with van der Waals surface area (Å²) in [5.41, 5.74) is 0. The second-order valence-electron chi connectivity index (χ2n) is 11.6. The molecule has 0 nitrogen and oxygen atoms in total. The monoisotopic (exact) mass is 512 g/mol. The molecule has 0 aliphatic carbocycles. The van der Waals surface area contributed by atoms with E-state index < -0.39 is 15.5 Å². The summed E-state index contributed by atoms with van der Waals surface area (Å²) in [6.07, 6.45) is 0. The molecule has 0 bridgehead atoms. The van der Waals surface area contributed by atoms with E-state index >= 15 is 0 Å². The number of hydrogen-bond donors (Lipinski definition) is 0. The zero-order valence-corrected chi connectivity index (χ0v) is 24.6. The largest absolute Gasteiger partial charge is 0.222 e. The van der Waals surface area contributed by atoms with Crippen molar-refractivity contribution in [2.75, 3.05) is 0 Å². The van der Waals surface area contributed by atoms with Crippen LogP contribution < -0.4 is 25.9 Å². The lowest BCUT2D eigenvalue weighted by molar-refractivity contribution is 0.738. The van der Waals surface area contributed by atoms with Crippen LogP contribution in [0, 0.1) is 0 Å². The van der Waals surface area contributed by atoms with Crippen molar-refractivity contribution in [3.8, 4) is 0 Å². The van der Waals surface area contributed by atoms with Crippen LogP contribution >= 0.6 is 11.1 Å². The molecule has 0 aromatic heterocycles. The van der Waals surface area contributed by atoms with Crippen LogP contribution in [0.1, 0.15) is 41.5 Å². The predicted octanol–water partition coefficient (Wildman–Crippen LogP) is 6.06. The average Bonchev–Trinajstić information content (AvgIpc) is 2.85. The quantitative estimate of drug-likeness (QED) is 0.173. The van der Waals surface area contributed by atoms with Crippen molar-refractivity contribution in [2.45, 2.75) is 51.6 Å². The molecule has 4 aromatic rings. The van der Waals surface area contributed by atoms with Crippen molar-refractivity contribution in [2.24, 2.45) is 0 Å². The summed E-state index contributed by atoms with van der Waals surface area (Å²) in [7, 11) is -5.24. The first-order valence-electron chi connectivity index (χ1n) is 12.5. The lowest BCUT2D eigenvalue weighted by Crippen LogP contribution is -2.78. The molecule has 0 spiro atoms. The maximum Gasteiger partial charge on any atom is 0.222 e. The van der Waals surface area contributed by atoms with Gasteiger partial charge in [0, 0.05) is 0 Å². The fourth-order valence-electron chi connectivity index (χ4n) is 5.89. The third-order valence-corrected chi connectivity index (χ3v) is 20.9. The van der Waals surface area contributed by atoms with Crippen LogP contribution in [0.5, 0.6) is 0 Å². The maximum absolute atomic E-state index is 8.06. The van der Waals surface area contributed by atoms with Crippen molar-refractivity contribution in [3.63, 3.8) is 0 Å². The summed E-state index contributed by atoms with van der Waals surface area (Å²) in [4.78, 5) is 0. The molecule has 3 heteroatoms. The highest BCUT2D eigenvalue weighted by Gasteiger charge is 2.55. The Labute approximate surface area is 218 Å². The summed E-state index contributed by atoms with van der Waals surface area (Å²) in [5.74, 6) is 0. The van der Waals surface area contributed by atoms with Crippen LogP contribution in [0.15, 0.2) is 115 Å². The Morgan fingerprint density at radius 1 is 0.429 bits per heavy atom. The van der Waals surface area contributed by atoms with Gasteiger partial charge in [-0.25, -0.2) is 0 Å². The van der Waals surface area contributed by atoms with Crippen LogP contribution in [0.4, 0.5) is 0 Å². The van der Waals surface area contributed by atoms with E-state index in [0.29, 0.717) is 0 Å². The molecule has 0 aliphatic heterocycles. The summed E-state index contributed by atoms with van der Waals surface area (Å²) in [6.45, 7) is 14.2. The molecule has 180 valence electrons. The molecule has 1 atom stereocenters. The van der Waals surface area contributed by atoms with Gasteiger partial charge in [-0.05, 0) is 36.0 Å². The number of halogens is 1. The molecule has 0 saturated heterocycles. The molecule has 4 aromatic carbocycles. The summed E-state index contributed by atoms with van der Waals surface area (Å²) < 4.78 is 0. The van der Waals surface area contributed by atoms with Gasteiger partial charge < -0.3 is 0 Å². The van der Waals surface area contributed by atoms with Crippen molar-refractivity contribution < 1.29 is 0 Å². The molecule has 0 amide bonds. The van der Waals surface area contributed by atoms with Crippen LogP contribution in [0.25, 0.3) is 0 Å². The number of hydrogen-bond acceptors (Lipinski definition) is 0. The van der Waals surface area contributed by atoms with Gasteiger partial charge in [0.2, 0.25) is 7.38 Å². The Balaban J connectivity index is 2.19. The third kappa shape index (κ3) is 4.26. The van der Waals surface area contributed by atoms with Gasteiger partial charge in [-0.3, -0.25) is 0 Å². The van der Waals surface area contributed by atoms with Gasteiger partial charge in [-0.1, -0.05) is 157 Å². The lowest BCUT2D eigenvalue weighted by Gasteiger charge is -2.48. The smallest absolute Gasteiger partial charge is 0.154 e. The van der Waals surface area contributed by atoms with Crippen molar-refractivity contribution >= 4 is 52.5 Å². The average molecular weight is 513 g/mol. The van der Waals surface area contributed by atoms with E-state index in [-0.39, 0.29) is 10.1 Å². The topological polar surface area (TPSA) is 0 Å². The van der Waals surface area contributed by atoms with E-state index in [9.17, 15) is 0 Å². The molecular weight excluding hydrogens is 476 g/mol. The Morgan fingerprint density at radius 2 is 0.771 bits per heavy atom. The first-order chi connectivity index (χ1) is 16.5. The minimum Gasteiger partial charge on any atom is -0.154 e. The Bertz CT molecular complexity index is 1220. The first kappa shape index (κ1) is 25.7. The predicted molar refractivity (Wildman–Crippen MR) is 161 cm³/mol. The molecule has 0 N–H and O–H groups in total. The van der Waals surface area contributed by atoms with Crippen LogP contribution in [0.2, 0.25) is 10.1 Å². The summed E-state index contributed by atoms with van der Waals surface area (Å²) in [5, 5.41) is 6.87. The minimum atomic E-state index is -2.70. The fourth-order valence-corrected chi connectivity index (χ4v) is 17.3. The van der Waals surface area contributed by atoms with Crippen molar-refractivity contribution in [1.82, 2.24) is 0 Å². The van der Waals surface area contributed by atoms with Gasteiger partial charge in [-0.15, -0.1) is 0 Å². The first-order valence-corrected chi connectivity index (χ1v) is 17.5. The molecule has 0 aliphatic rings. The van der Waals surface area contributed by atoms with Gasteiger partial charge in [0.1, 0.15) is 0 Å². The molecule has 0 fully saturated rings. The Kier molecular flexibility index (Phi) is 7.03. The molecule has 0 radical (unpaired) electrons. The van der Waals surface area contributed by atoms with Crippen molar-refractivity contribution in [1.29, 1.82) is 0 Å². The van der Waals surface area contributed by atoms with Gasteiger partial charge in [0.15, 0.2) is 8.07 Å². The highest BCUT2D eigenvalue weighted by atomic mass is 35.6. The summed E-state index contributed by atoms with van der Waals surface area (Å²) in [6, 6.07) is 42.4. The lowest BCUT2D eigenvalue weighted by atomic mass is 10.2. The van der Waals surface area contributed by atoms with E-state index in [0.717, 1.165) is 0 Å². The molecule has 4 rings (SSSR count). The van der Waals surface area contributed by atoms with Gasteiger partial charge in [-0.2, -0.15) is 11.1 Å². The second-order valence-corrected chi connectivity index (χ2v) is 21.9. The number of benzene rings is 4. The maximum atomic E-state index is 8.06. The molecule has 35 heavy (non-hydrogen) atoms. The summed E-state index contributed by atoms with van der Waals surface area (Å²) >= 11 is 8.06. The second kappa shape index (κ2) is 9.57. The van der Waals surface area contributed by atoms with E-state index in [4.69, 9.17) is 11.1 Å². The van der Waals surface area contributed by atoms with E-state index in [1.165, 1.54) is 25.9 Å². The normalized spacial score (nSPS) is 14.4. The van der Waals surface area contributed by atoms with Gasteiger partial charge >= 0.3 is 0 Å². The molecular formula is C32H37ClSi2. The zero-order valence-electron chi connectivity index (χ0n) is 21.8. The minimum absolute atomic E-state index is 0.00653. The number of rotatable bonds is 5. The fraction of sp³-hybridized carbons (Fsp3) is 0.250.